The number of carbonyl (C=O) groups excluding carboxylic acids is 2. The molecular formula is C22H23F3N4O4S. The molecule has 4 rings (SSSR count). The summed E-state index contributed by atoms with van der Waals surface area (Å²) in [5.41, 5.74) is -3.72. The largest absolute Gasteiger partial charge is 0.501 e. The van der Waals surface area contributed by atoms with Gasteiger partial charge in [0.25, 0.3) is 15.7 Å². The van der Waals surface area contributed by atoms with Gasteiger partial charge < -0.3 is 9.80 Å². The van der Waals surface area contributed by atoms with E-state index in [4.69, 9.17) is 0 Å². The Morgan fingerprint density at radius 3 is 2.29 bits per heavy atom. The Bertz CT molecular complexity index is 1200. The van der Waals surface area contributed by atoms with Crippen LogP contribution in [0.2, 0.25) is 0 Å². The predicted octanol–water partition coefficient (Wildman–Crippen LogP) is 3.72. The van der Waals surface area contributed by atoms with Crippen molar-refractivity contribution in [2.24, 2.45) is 0 Å². The molecule has 1 aromatic carbocycles. The maximum Gasteiger partial charge on any atom is 0.501 e. The van der Waals surface area contributed by atoms with E-state index in [0.29, 0.717) is 0 Å². The van der Waals surface area contributed by atoms with Gasteiger partial charge in [-0.25, -0.2) is 18.1 Å². The van der Waals surface area contributed by atoms with Gasteiger partial charge in [0, 0.05) is 19.3 Å². The van der Waals surface area contributed by atoms with E-state index in [1.165, 1.54) is 4.90 Å². The van der Waals surface area contributed by atoms with E-state index in [1.54, 1.807) is 25.4 Å². The molecule has 1 atom stereocenters. The Morgan fingerprint density at radius 1 is 1.03 bits per heavy atom. The number of hydrogen-bond donors (Lipinski definition) is 0. The molecule has 3 amide bonds. The molecule has 12 heteroatoms. The summed E-state index contributed by atoms with van der Waals surface area (Å²) in [4.78, 5) is 33.7. The van der Waals surface area contributed by atoms with E-state index in [2.05, 4.69) is 9.88 Å². The van der Waals surface area contributed by atoms with E-state index < -0.39 is 38.2 Å². The van der Waals surface area contributed by atoms with Crippen LogP contribution in [0.5, 0.6) is 0 Å². The standard InChI is InChI=1S/C22H23F3N4O4S/c1-15-20(30)29(17-5-7-18(8-6-17)34(32,33)22(23,24)25)21(31)28(15)14-16-9-10-26-13-19(16)27-11-3-2-4-12-27/h5-10,13,15H,2-4,11-12,14H2,1H3. The first-order chi connectivity index (χ1) is 16.0. The average molecular weight is 497 g/mol. The van der Waals surface area contributed by atoms with Gasteiger partial charge in [-0.2, -0.15) is 13.2 Å². The number of halogens is 3. The topological polar surface area (TPSA) is 90.9 Å². The molecule has 0 spiro atoms. The second kappa shape index (κ2) is 8.90. The van der Waals surface area contributed by atoms with Gasteiger partial charge in [-0.15, -0.1) is 0 Å². The Kier molecular flexibility index (Phi) is 6.28. The van der Waals surface area contributed by atoms with Gasteiger partial charge >= 0.3 is 11.5 Å². The molecule has 1 aromatic heterocycles. The minimum atomic E-state index is -5.53. The molecule has 0 N–H and O–H groups in total. The minimum Gasteiger partial charge on any atom is -0.370 e. The zero-order valence-corrected chi connectivity index (χ0v) is 19.1. The second-order valence-electron chi connectivity index (χ2n) is 8.26. The normalized spacial score (nSPS) is 19.8. The van der Waals surface area contributed by atoms with Crippen LogP contribution < -0.4 is 9.80 Å². The number of urea groups is 1. The number of rotatable bonds is 5. The average Bonchev–Trinajstić information content (AvgIpc) is 3.02. The molecule has 1 unspecified atom stereocenters. The number of nitrogens with zero attached hydrogens (tertiary/aromatic N) is 4. The van der Waals surface area contributed by atoms with Crippen LogP contribution in [0.3, 0.4) is 0 Å². The third-order valence-corrected chi connectivity index (χ3v) is 7.62. The maximum atomic E-state index is 13.2. The number of sulfone groups is 1. The van der Waals surface area contributed by atoms with E-state index >= 15 is 0 Å². The quantitative estimate of drug-likeness (QED) is 0.586. The van der Waals surface area contributed by atoms with Crippen LogP contribution in [-0.4, -0.2) is 54.9 Å². The van der Waals surface area contributed by atoms with Crippen LogP contribution in [0.15, 0.2) is 47.6 Å². The number of amides is 3. The van der Waals surface area contributed by atoms with Gasteiger partial charge in [-0.3, -0.25) is 9.78 Å². The highest BCUT2D eigenvalue weighted by molar-refractivity contribution is 7.92. The van der Waals surface area contributed by atoms with Crippen molar-refractivity contribution in [2.75, 3.05) is 22.9 Å². The molecule has 0 bridgehead atoms. The summed E-state index contributed by atoms with van der Waals surface area (Å²) in [5, 5.41) is 0. The molecule has 8 nitrogen and oxygen atoms in total. The molecule has 182 valence electrons. The summed E-state index contributed by atoms with van der Waals surface area (Å²) in [7, 11) is -5.53. The fourth-order valence-corrected chi connectivity index (χ4v) is 4.97. The molecule has 2 aliphatic rings. The maximum absolute atomic E-state index is 13.2. The van der Waals surface area contributed by atoms with Crippen LogP contribution >= 0.6 is 0 Å². The minimum absolute atomic E-state index is 0.00328. The highest BCUT2D eigenvalue weighted by Gasteiger charge is 2.47. The van der Waals surface area contributed by atoms with E-state index in [-0.39, 0.29) is 12.2 Å². The van der Waals surface area contributed by atoms with Crippen LogP contribution in [0.4, 0.5) is 29.3 Å². The van der Waals surface area contributed by atoms with E-state index in [0.717, 1.165) is 72.8 Å². The van der Waals surface area contributed by atoms with Crippen molar-refractivity contribution < 1.29 is 31.2 Å². The zero-order valence-electron chi connectivity index (χ0n) is 18.3. The molecule has 2 aromatic rings. The molecule has 0 saturated carbocycles. The van der Waals surface area contributed by atoms with E-state index in [9.17, 15) is 31.2 Å². The SMILES string of the molecule is CC1C(=O)N(c2ccc(S(=O)(=O)C(F)(F)F)cc2)C(=O)N1Cc1ccncc1N1CCCCC1. The summed E-state index contributed by atoms with van der Waals surface area (Å²) in [6.07, 6.45) is 6.62. The van der Waals surface area contributed by atoms with Gasteiger partial charge in [-0.05, 0) is 62.1 Å². The molecule has 2 fully saturated rings. The molecular weight excluding hydrogens is 473 g/mol. The van der Waals surface area contributed by atoms with Crippen molar-refractivity contribution >= 4 is 33.2 Å². The third kappa shape index (κ3) is 4.22. The summed E-state index contributed by atoms with van der Waals surface area (Å²) in [6, 6.07) is 3.88. The second-order valence-corrected chi connectivity index (χ2v) is 10.2. The van der Waals surface area contributed by atoms with Crippen molar-refractivity contribution in [3.05, 3.63) is 48.3 Å². The number of aromatic nitrogens is 1. The predicted molar refractivity (Wildman–Crippen MR) is 118 cm³/mol. The van der Waals surface area contributed by atoms with Crippen molar-refractivity contribution in [2.45, 2.75) is 49.2 Å². The Labute approximate surface area is 194 Å². The Balaban J connectivity index is 1.58. The molecule has 2 aliphatic heterocycles. The summed E-state index contributed by atoms with van der Waals surface area (Å²) in [6.45, 7) is 3.47. The number of hydrogen-bond acceptors (Lipinski definition) is 6. The van der Waals surface area contributed by atoms with Gasteiger partial charge in [0.05, 0.1) is 29.0 Å². The van der Waals surface area contributed by atoms with Crippen molar-refractivity contribution in [3.8, 4) is 0 Å². The van der Waals surface area contributed by atoms with Gasteiger partial charge in [0.1, 0.15) is 6.04 Å². The summed E-state index contributed by atoms with van der Waals surface area (Å²) >= 11 is 0. The van der Waals surface area contributed by atoms with Crippen molar-refractivity contribution in [1.82, 2.24) is 9.88 Å². The Hall–Kier alpha value is -3.15. The summed E-state index contributed by atoms with van der Waals surface area (Å²) in [5.74, 6) is -0.551. The Morgan fingerprint density at radius 2 is 1.68 bits per heavy atom. The lowest BCUT2D eigenvalue weighted by molar-refractivity contribution is -0.119. The number of piperidine rings is 1. The smallest absolute Gasteiger partial charge is 0.370 e. The molecule has 34 heavy (non-hydrogen) atoms. The van der Waals surface area contributed by atoms with Gasteiger partial charge in [0.2, 0.25) is 0 Å². The lowest BCUT2D eigenvalue weighted by Gasteiger charge is -2.31. The van der Waals surface area contributed by atoms with Crippen LogP contribution in [0.25, 0.3) is 0 Å². The highest BCUT2D eigenvalue weighted by Crippen LogP contribution is 2.33. The first kappa shape index (κ1) is 24.0. The first-order valence-corrected chi connectivity index (χ1v) is 12.2. The van der Waals surface area contributed by atoms with Crippen LogP contribution in [0.1, 0.15) is 31.7 Å². The molecule has 0 aliphatic carbocycles. The monoisotopic (exact) mass is 496 g/mol. The molecule has 0 radical (unpaired) electrons. The fourth-order valence-electron chi connectivity index (χ4n) is 4.21. The lowest BCUT2D eigenvalue weighted by atomic mass is 10.1. The van der Waals surface area contributed by atoms with Gasteiger partial charge in [0.15, 0.2) is 0 Å². The fraction of sp³-hybridized carbons (Fsp3) is 0.409. The number of carbonyl (C=O) groups is 2. The third-order valence-electron chi connectivity index (χ3n) is 6.12. The zero-order chi connectivity index (χ0) is 24.7. The number of benzene rings is 1. The van der Waals surface area contributed by atoms with Gasteiger partial charge in [-0.1, -0.05) is 0 Å². The number of pyridine rings is 1. The van der Waals surface area contributed by atoms with Crippen LogP contribution in [-0.2, 0) is 21.2 Å². The number of alkyl halides is 3. The lowest BCUT2D eigenvalue weighted by Crippen LogP contribution is -2.35. The van der Waals surface area contributed by atoms with Crippen LogP contribution in [0, 0.1) is 0 Å². The number of imide groups is 1. The van der Waals surface area contributed by atoms with E-state index in [1.807, 2.05) is 0 Å². The van der Waals surface area contributed by atoms with Crippen molar-refractivity contribution in [1.29, 1.82) is 0 Å². The molecule has 3 heterocycles. The summed E-state index contributed by atoms with van der Waals surface area (Å²) < 4.78 is 61.6. The molecule has 2 saturated heterocycles. The number of anilines is 2. The highest BCUT2D eigenvalue weighted by atomic mass is 32.2. The first-order valence-electron chi connectivity index (χ1n) is 10.8. The van der Waals surface area contributed by atoms with Crippen molar-refractivity contribution in [3.63, 3.8) is 0 Å².